The minimum atomic E-state index is -0.568. The second-order valence-electron chi connectivity index (χ2n) is 9.26. The maximum Gasteiger partial charge on any atom is 0.228 e. The number of carbonyl (C=O) groups is 2. The summed E-state index contributed by atoms with van der Waals surface area (Å²) in [6.07, 6.45) is 10.7. The Morgan fingerprint density at radius 3 is 1.85 bits per heavy atom. The molecule has 2 aliphatic carbocycles. The highest BCUT2D eigenvalue weighted by Gasteiger charge is 2.45. The fourth-order valence-corrected chi connectivity index (χ4v) is 4.94. The lowest BCUT2D eigenvalue weighted by Crippen LogP contribution is -2.50. The van der Waals surface area contributed by atoms with Gasteiger partial charge in [-0.3, -0.25) is 9.59 Å². The molecule has 0 aromatic heterocycles. The Kier molecular flexibility index (Phi) is 7.60. The van der Waals surface area contributed by atoms with Crippen molar-refractivity contribution in [3.63, 3.8) is 0 Å². The Labute approximate surface area is 170 Å². The molecule has 1 saturated heterocycles. The predicted molar refractivity (Wildman–Crippen MR) is 111 cm³/mol. The molecule has 27 heavy (non-hydrogen) atoms. The average Bonchev–Trinajstić information content (AvgIpc) is 3.03. The number of nitrogens with one attached hydrogen (secondary N) is 3. The van der Waals surface area contributed by atoms with Gasteiger partial charge in [0.05, 0.1) is 5.41 Å². The third-order valence-corrected chi connectivity index (χ3v) is 7.84. The fraction of sp³-hybridized carbons (Fsp3) is 0.905. The van der Waals surface area contributed by atoms with Crippen LogP contribution in [0.15, 0.2) is 0 Å². The van der Waals surface area contributed by atoms with Crippen molar-refractivity contribution in [2.24, 2.45) is 16.2 Å². The SMILES string of the molecule is CCC1(CNC(=O)CC2(C(=O)NCC3(CC)CCC3)CCNC2)CCC1.Cl. The largest absolute Gasteiger partial charge is 0.356 e. The van der Waals surface area contributed by atoms with Crippen LogP contribution in [0.3, 0.4) is 0 Å². The first-order chi connectivity index (χ1) is 12.5. The summed E-state index contributed by atoms with van der Waals surface area (Å²) in [4.78, 5) is 25.6. The van der Waals surface area contributed by atoms with Gasteiger partial charge in [0, 0.05) is 26.1 Å². The minimum Gasteiger partial charge on any atom is -0.356 e. The molecule has 5 nitrogen and oxygen atoms in total. The maximum absolute atomic E-state index is 13.0. The monoisotopic (exact) mass is 399 g/mol. The van der Waals surface area contributed by atoms with Gasteiger partial charge < -0.3 is 16.0 Å². The second-order valence-corrected chi connectivity index (χ2v) is 9.26. The molecule has 1 heterocycles. The van der Waals surface area contributed by atoms with E-state index in [-0.39, 0.29) is 24.2 Å². The predicted octanol–water partition coefficient (Wildman–Crippen LogP) is 3.17. The quantitative estimate of drug-likeness (QED) is 0.557. The van der Waals surface area contributed by atoms with Crippen molar-refractivity contribution in [3.8, 4) is 0 Å². The number of halogens is 1. The first kappa shape index (κ1) is 22.5. The molecule has 3 fully saturated rings. The Morgan fingerprint density at radius 2 is 1.44 bits per heavy atom. The van der Waals surface area contributed by atoms with Crippen LogP contribution in [0.4, 0.5) is 0 Å². The molecule has 1 aliphatic heterocycles. The van der Waals surface area contributed by atoms with Crippen LogP contribution < -0.4 is 16.0 Å². The summed E-state index contributed by atoms with van der Waals surface area (Å²) < 4.78 is 0. The molecule has 0 radical (unpaired) electrons. The van der Waals surface area contributed by atoms with Crippen LogP contribution >= 0.6 is 12.4 Å². The summed E-state index contributed by atoms with van der Waals surface area (Å²) in [5.74, 6) is 0.114. The van der Waals surface area contributed by atoms with Crippen molar-refractivity contribution in [2.75, 3.05) is 26.2 Å². The van der Waals surface area contributed by atoms with Crippen molar-refractivity contribution in [2.45, 2.75) is 78.1 Å². The van der Waals surface area contributed by atoms with E-state index in [9.17, 15) is 9.59 Å². The zero-order valence-corrected chi connectivity index (χ0v) is 17.9. The molecule has 6 heteroatoms. The summed E-state index contributed by atoms with van der Waals surface area (Å²) in [6, 6.07) is 0. The van der Waals surface area contributed by atoms with Crippen LogP contribution in [0.1, 0.15) is 78.1 Å². The smallest absolute Gasteiger partial charge is 0.228 e. The topological polar surface area (TPSA) is 70.2 Å². The Bertz CT molecular complexity index is 513. The lowest BCUT2D eigenvalue weighted by atomic mass is 9.67. The molecule has 0 aromatic carbocycles. The van der Waals surface area contributed by atoms with E-state index in [1.165, 1.54) is 38.5 Å². The van der Waals surface area contributed by atoms with Gasteiger partial charge in [-0.1, -0.05) is 26.7 Å². The van der Waals surface area contributed by atoms with E-state index >= 15 is 0 Å². The number of hydrogen-bond acceptors (Lipinski definition) is 3. The highest BCUT2D eigenvalue weighted by atomic mass is 35.5. The van der Waals surface area contributed by atoms with Crippen molar-refractivity contribution >= 4 is 24.2 Å². The summed E-state index contributed by atoms with van der Waals surface area (Å²) in [5.41, 5.74) is 0.0569. The van der Waals surface area contributed by atoms with Crippen LogP contribution in [0, 0.1) is 16.2 Å². The maximum atomic E-state index is 13.0. The molecule has 3 rings (SSSR count). The van der Waals surface area contributed by atoms with Crippen molar-refractivity contribution in [1.29, 1.82) is 0 Å². The fourth-order valence-electron chi connectivity index (χ4n) is 4.94. The van der Waals surface area contributed by atoms with Crippen LogP contribution in [-0.2, 0) is 9.59 Å². The van der Waals surface area contributed by atoms with E-state index in [0.29, 0.717) is 23.8 Å². The van der Waals surface area contributed by atoms with Crippen molar-refractivity contribution < 1.29 is 9.59 Å². The number of rotatable bonds is 9. The van der Waals surface area contributed by atoms with Crippen LogP contribution in [0.2, 0.25) is 0 Å². The van der Waals surface area contributed by atoms with E-state index in [1.54, 1.807) is 0 Å². The highest BCUT2D eigenvalue weighted by molar-refractivity contribution is 5.89. The standard InChI is InChI=1S/C21H37N3O2.ClH/c1-3-19(7-5-8-19)14-23-17(25)13-21(11-12-22-16-21)18(26)24-15-20(4-2)9-6-10-20;/h22H,3-16H2,1-2H3,(H,23,25)(H,24,26);1H. The molecule has 3 aliphatic rings. The Hall–Kier alpha value is -0.810. The highest BCUT2D eigenvalue weighted by Crippen LogP contribution is 2.44. The number of amides is 2. The lowest BCUT2D eigenvalue weighted by molar-refractivity contribution is -0.136. The summed E-state index contributed by atoms with van der Waals surface area (Å²) >= 11 is 0. The van der Waals surface area contributed by atoms with E-state index in [1.807, 2.05) is 0 Å². The molecular weight excluding hydrogens is 362 g/mol. The third kappa shape index (κ3) is 4.79. The zero-order valence-electron chi connectivity index (χ0n) is 17.1. The minimum absolute atomic E-state index is 0. The van der Waals surface area contributed by atoms with E-state index in [0.717, 1.165) is 38.9 Å². The Morgan fingerprint density at radius 1 is 0.889 bits per heavy atom. The van der Waals surface area contributed by atoms with Gasteiger partial charge in [-0.05, 0) is 62.3 Å². The van der Waals surface area contributed by atoms with Crippen LogP contribution in [0.5, 0.6) is 0 Å². The van der Waals surface area contributed by atoms with Gasteiger partial charge in [0.2, 0.25) is 11.8 Å². The molecule has 1 atom stereocenters. The average molecular weight is 400 g/mol. The molecule has 0 bridgehead atoms. The summed E-state index contributed by atoms with van der Waals surface area (Å²) in [5, 5.41) is 9.66. The molecule has 0 aromatic rings. The van der Waals surface area contributed by atoms with Gasteiger partial charge in [0.25, 0.3) is 0 Å². The normalized spacial score (nSPS) is 27.6. The zero-order chi connectivity index (χ0) is 18.7. The molecule has 2 amide bonds. The van der Waals surface area contributed by atoms with Gasteiger partial charge in [-0.25, -0.2) is 0 Å². The molecule has 156 valence electrons. The number of carbonyl (C=O) groups excluding carboxylic acids is 2. The summed E-state index contributed by atoms with van der Waals surface area (Å²) in [7, 11) is 0. The van der Waals surface area contributed by atoms with Gasteiger partial charge in [-0.15, -0.1) is 12.4 Å². The third-order valence-electron chi connectivity index (χ3n) is 7.84. The van der Waals surface area contributed by atoms with Gasteiger partial charge >= 0.3 is 0 Å². The first-order valence-corrected chi connectivity index (χ1v) is 10.7. The lowest BCUT2D eigenvalue weighted by Gasteiger charge is -2.42. The Balaban J connectivity index is 0.00000261. The molecular formula is C21H38ClN3O2. The van der Waals surface area contributed by atoms with Crippen LogP contribution in [0.25, 0.3) is 0 Å². The van der Waals surface area contributed by atoms with E-state index in [4.69, 9.17) is 0 Å². The van der Waals surface area contributed by atoms with Gasteiger partial charge in [0.15, 0.2) is 0 Å². The van der Waals surface area contributed by atoms with Gasteiger partial charge in [-0.2, -0.15) is 0 Å². The van der Waals surface area contributed by atoms with Crippen molar-refractivity contribution in [3.05, 3.63) is 0 Å². The second kappa shape index (κ2) is 9.13. The van der Waals surface area contributed by atoms with Gasteiger partial charge in [0.1, 0.15) is 0 Å². The molecule has 3 N–H and O–H groups in total. The first-order valence-electron chi connectivity index (χ1n) is 10.7. The van der Waals surface area contributed by atoms with E-state index < -0.39 is 5.41 Å². The molecule has 2 saturated carbocycles. The van der Waals surface area contributed by atoms with Crippen LogP contribution in [-0.4, -0.2) is 38.0 Å². The van der Waals surface area contributed by atoms with Crippen molar-refractivity contribution in [1.82, 2.24) is 16.0 Å². The summed E-state index contributed by atoms with van der Waals surface area (Å²) in [6.45, 7) is 7.40. The van der Waals surface area contributed by atoms with E-state index in [2.05, 4.69) is 29.8 Å². The number of hydrogen-bond donors (Lipinski definition) is 3. The molecule has 1 unspecified atom stereocenters. The molecule has 0 spiro atoms.